The minimum absolute atomic E-state index is 0.0461. The molecule has 0 heterocycles. The zero-order chi connectivity index (χ0) is 33.9. The Labute approximate surface area is 276 Å². The molecule has 4 atom stereocenters. The summed E-state index contributed by atoms with van der Waals surface area (Å²) >= 11 is 0. The number of hydrogen-bond donors (Lipinski definition) is 3. The SMILES string of the molecule is C=CC[C@H](CC(=O)N[C@@H](CO)Cc1ccccc1)C(=O)N[C@H](COC(=O)[C@@H](CC=C)Cc1ccccc1)C(=O)OCc1ccccc1. The van der Waals surface area contributed by atoms with Gasteiger partial charge in [0.1, 0.15) is 13.2 Å². The Hall–Kier alpha value is -5.02. The van der Waals surface area contributed by atoms with E-state index in [0.717, 1.165) is 16.7 Å². The van der Waals surface area contributed by atoms with Gasteiger partial charge < -0.3 is 25.2 Å². The van der Waals surface area contributed by atoms with Crippen LogP contribution in [0.2, 0.25) is 0 Å². The van der Waals surface area contributed by atoms with Crippen LogP contribution in [0.25, 0.3) is 0 Å². The van der Waals surface area contributed by atoms with Gasteiger partial charge in [-0.3, -0.25) is 14.4 Å². The molecule has 0 aliphatic heterocycles. The van der Waals surface area contributed by atoms with Crippen molar-refractivity contribution >= 4 is 23.8 Å². The molecule has 248 valence electrons. The number of benzene rings is 3. The van der Waals surface area contributed by atoms with Crippen LogP contribution in [0.3, 0.4) is 0 Å². The predicted octanol–water partition coefficient (Wildman–Crippen LogP) is 4.50. The molecule has 9 heteroatoms. The maximum absolute atomic E-state index is 13.5. The molecule has 3 aromatic rings. The highest BCUT2D eigenvalue weighted by atomic mass is 16.6. The molecule has 47 heavy (non-hydrogen) atoms. The Bertz CT molecular complexity index is 1430. The number of carbonyl (C=O) groups excluding carboxylic acids is 4. The average Bonchev–Trinajstić information content (AvgIpc) is 3.09. The second kappa shape index (κ2) is 20.2. The van der Waals surface area contributed by atoms with Gasteiger partial charge in [0.2, 0.25) is 11.8 Å². The first-order valence-electron chi connectivity index (χ1n) is 15.7. The fraction of sp³-hybridized carbons (Fsp3) is 0.316. The van der Waals surface area contributed by atoms with Gasteiger partial charge in [0.25, 0.3) is 0 Å². The van der Waals surface area contributed by atoms with Crippen molar-refractivity contribution in [2.75, 3.05) is 13.2 Å². The Morgan fingerprint density at radius 1 is 0.681 bits per heavy atom. The van der Waals surface area contributed by atoms with Crippen molar-refractivity contribution in [2.45, 2.75) is 50.8 Å². The van der Waals surface area contributed by atoms with E-state index < -0.39 is 54.3 Å². The molecule has 0 unspecified atom stereocenters. The van der Waals surface area contributed by atoms with Crippen molar-refractivity contribution in [1.82, 2.24) is 10.6 Å². The van der Waals surface area contributed by atoms with Crippen molar-refractivity contribution in [3.05, 3.63) is 133 Å². The van der Waals surface area contributed by atoms with Gasteiger partial charge in [-0.2, -0.15) is 0 Å². The number of allylic oxidation sites excluding steroid dienone is 2. The third kappa shape index (κ3) is 13.1. The summed E-state index contributed by atoms with van der Waals surface area (Å²) in [6, 6.07) is 26.1. The van der Waals surface area contributed by atoms with Gasteiger partial charge in [-0.05, 0) is 42.4 Å². The van der Waals surface area contributed by atoms with Gasteiger partial charge in [-0.25, -0.2) is 4.79 Å². The normalized spacial score (nSPS) is 13.2. The molecule has 0 saturated heterocycles. The number of aliphatic hydroxyl groups excluding tert-OH is 1. The molecule has 0 radical (unpaired) electrons. The van der Waals surface area contributed by atoms with Crippen molar-refractivity contribution in [3.63, 3.8) is 0 Å². The van der Waals surface area contributed by atoms with Crippen molar-refractivity contribution in [2.24, 2.45) is 11.8 Å². The fourth-order valence-corrected chi connectivity index (χ4v) is 4.99. The molecule has 0 spiro atoms. The molecule has 3 rings (SSSR count). The number of ether oxygens (including phenoxy) is 2. The van der Waals surface area contributed by atoms with Crippen LogP contribution < -0.4 is 10.6 Å². The highest BCUT2D eigenvalue weighted by molar-refractivity contribution is 5.89. The smallest absolute Gasteiger partial charge is 0.332 e. The second-order valence-corrected chi connectivity index (χ2v) is 11.3. The van der Waals surface area contributed by atoms with Crippen LogP contribution in [0.15, 0.2) is 116 Å². The topological polar surface area (TPSA) is 131 Å². The number of esters is 2. The van der Waals surface area contributed by atoms with Gasteiger partial charge >= 0.3 is 11.9 Å². The monoisotopic (exact) mass is 640 g/mol. The van der Waals surface area contributed by atoms with E-state index in [1.807, 2.05) is 78.9 Å². The van der Waals surface area contributed by atoms with E-state index in [2.05, 4.69) is 23.8 Å². The summed E-state index contributed by atoms with van der Waals surface area (Å²) < 4.78 is 11.1. The quantitative estimate of drug-likeness (QED) is 0.123. The van der Waals surface area contributed by atoms with Gasteiger partial charge in [-0.1, -0.05) is 103 Å². The first kappa shape index (κ1) is 36.4. The van der Waals surface area contributed by atoms with Crippen LogP contribution >= 0.6 is 0 Å². The number of amides is 2. The summed E-state index contributed by atoms with van der Waals surface area (Å²) in [5, 5.41) is 15.3. The number of carbonyl (C=O) groups is 4. The molecule has 2 amide bonds. The Balaban J connectivity index is 1.68. The zero-order valence-electron chi connectivity index (χ0n) is 26.6. The largest absolute Gasteiger partial charge is 0.463 e. The van der Waals surface area contributed by atoms with Crippen molar-refractivity contribution in [1.29, 1.82) is 0 Å². The molecule has 0 bridgehead atoms. The molecule has 0 fully saturated rings. The summed E-state index contributed by atoms with van der Waals surface area (Å²) in [4.78, 5) is 52.8. The first-order valence-corrected chi connectivity index (χ1v) is 15.7. The standard InChI is InChI=1S/C38H44N2O7/c1-3-14-31(24-35(42)39-33(25-41)23-29-18-10-6-11-19-29)36(43)40-34(38(45)46-26-30-20-12-7-13-21-30)27-47-37(44)32(15-4-2)22-28-16-8-5-9-17-28/h3-13,16-21,31-34,41H,1-2,14-15,22-27H2,(H,39,42)(H,40,43)/t31-,32+,33-,34-/m1/s1. The third-order valence-corrected chi connectivity index (χ3v) is 7.49. The van der Waals surface area contributed by atoms with Crippen LogP contribution in [-0.2, 0) is 48.1 Å². The summed E-state index contributed by atoms with van der Waals surface area (Å²) in [7, 11) is 0. The number of nitrogens with one attached hydrogen (secondary N) is 2. The van der Waals surface area contributed by atoms with Crippen LogP contribution in [0, 0.1) is 11.8 Å². The predicted molar refractivity (Wildman–Crippen MR) is 180 cm³/mol. The van der Waals surface area contributed by atoms with Gasteiger partial charge in [0.05, 0.1) is 24.5 Å². The highest BCUT2D eigenvalue weighted by Crippen LogP contribution is 2.16. The second-order valence-electron chi connectivity index (χ2n) is 11.3. The number of rotatable bonds is 20. The summed E-state index contributed by atoms with van der Waals surface area (Å²) in [6.07, 6.45) is 4.26. The van der Waals surface area contributed by atoms with E-state index in [9.17, 15) is 24.3 Å². The van der Waals surface area contributed by atoms with Crippen LogP contribution in [0.1, 0.15) is 36.0 Å². The lowest BCUT2D eigenvalue weighted by molar-refractivity contribution is -0.157. The average molecular weight is 641 g/mol. The Morgan fingerprint density at radius 2 is 1.21 bits per heavy atom. The summed E-state index contributed by atoms with van der Waals surface area (Å²) in [6.45, 7) is 6.67. The summed E-state index contributed by atoms with van der Waals surface area (Å²) in [5.41, 5.74) is 2.63. The molecular formula is C38H44N2O7. The first-order chi connectivity index (χ1) is 22.8. The molecule has 9 nitrogen and oxygen atoms in total. The van der Waals surface area contributed by atoms with Crippen LogP contribution in [-0.4, -0.2) is 54.2 Å². The summed E-state index contributed by atoms with van der Waals surface area (Å²) in [5.74, 6) is -3.80. The maximum atomic E-state index is 13.5. The van der Waals surface area contributed by atoms with Crippen molar-refractivity contribution in [3.8, 4) is 0 Å². The molecule has 0 aliphatic carbocycles. The Morgan fingerprint density at radius 3 is 1.77 bits per heavy atom. The van der Waals surface area contributed by atoms with E-state index in [1.165, 1.54) is 6.08 Å². The minimum Gasteiger partial charge on any atom is -0.463 e. The third-order valence-electron chi connectivity index (χ3n) is 7.49. The van der Waals surface area contributed by atoms with Crippen molar-refractivity contribution < 1.29 is 33.8 Å². The Kier molecular flexibility index (Phi) is 15.6. The zero-order valence-corrected chi connectivity index (χ0v) is 26.6. The maximum Gasteiger partial charge on any atom is 0.332 e. The molecule has 0 aliphatic rings. The number of aliphatic hydroxyl groups is 1. The number of hydrogen-bond acceptors (Lipinski definition) is 7. The lowest BCUT2D eigenvalue weighted by atomic mass is 9.96. The van der Waals surface area contributed by atoms with Gasteiger partial charge in [-0.15, -0.1) is 13.2 Å². The lowest BCUT2D eigenvalue weighted by Crippen LogP contribution is -2.48. The van der Waals surface area contributed by atoms with E-state index in [-0.39, 0.29) is 26.1 Å². The van der Waals surface area contributed by atoms with Gasteiger partial charge in [0, 0.05) is 6.42 Å². The fourth-order valence-electron chi connectivity index (χ4n) is 4.99. The minimum atomic E-state index is -1.32. The molecule has 3 aromatic carbocycles. The highest BCUT2D eigenvalue weighted by Gasteiger charge is 2.30. The van der Waals surface area contributed by atoms with E-state index >= 15 is 0 Å². The molecule has 0 aromatic heterocycles. The van der Waals surface area contributed by atoms with E-state index in [0.29, 0.717) is 19.3 Å². The van der Waals surface area contributed by atoms with E-state index in [4.69, 9.17) is 9.47 Å². The van der Waals surface area contributed by atoms with Crippen LogP contribution in [0.5, 0.6) is 0 Å². The molecule has 0 saturated carbocycles. The lowest BCUT2D eigenvalue weighted by Gasteiger charge is -2.23. The van der Waals surface area contributed by atoms with Gasteiger partial charge in [0.15, 0.2) is 6.04 Å². The molecule has 3 N–H and O–H groups in total. The van der Waals surface area contributed by atoms with E-state index in [1.54, 1.807) is 18.2 Å². The van der Waals surface area contributed by atoms with Crippen LogP contribution in [0.4, 0.5) is 0 Å². The molecular weight excluding hydrogens is 596 g/mol.